The minimum atomic E-state index is -0.352. The fourth-order valence-electron chi connectivity index (χ4n) is 1.46. The van der Waals surface area contributed by atoms with Crippen LogP contribution in [0.4, 0.5) is 0 Å². The summed E-state index contributed by atoms with van der Waals surface area (Å²) < 4.78 is 5.44. The second-order valence-corrected chi connectivity index (χ2v) is 2.99. The predicted molar refractivity (Wildman–Crippen MR) is 50.0 cm³/mol. The van der Waals surface area contributed by atoms with Crippen molar-refractivity contribution in [2.45, 2.75) is 12.5 Å². The van der Waals surface area contributed by atoms with E-state index >= 15 is 0 Å². The molecule has 0 N–H and O–H groups in total. The van der Waals surface area contributed by atoms with Crippen LogP contribution in [0.5, 0.6) is 5.75 Å². The smallest absolute Gasteiger partial charge is 0.207 e. The number of carbonyl (C=O) groups is 1. The van der Waals surface area contributed by atoms with E-state index in [0.717, 1.165) is 0 Å². The van der Waals surface area contributed by atoms with Gasteiger partial charge in [-0.25, -0.2) is 0 Å². The lowest BCUT2D eigenvalue weighted by molar-refractivity contribution is 0.0861. The Morgan fingerprint density at radius 2 is 2.23 bits per heavy atom. The number of rotatable bonds is 2. The van der Waals surface area contributed by atoms with Crippen molar-refractivity contribution in [2.75, 3.05) is 0 Å². The zero-order valence-electron chi connectivity index (χ0n) is 7.19. The lowest BCUT2D eigenvalue weighted by atomic mass is 10.1. The summed E-state index contributed by atoms with van der Waals surface area (Å²) in [7, 11) is 0. The van der Waals surface area contributed by atoms with Crippen molar-refractivity contribution in [3.05, 3.63) is 42.5 Å². The first-order valence-electron chi connectivity index (χ1n) is 4.23. The lowest BCUT2D eigenvalue weighted by Crippen LogP contribution is -2.18. The van der Waals surface area contributed by atoms with E-state index in [4.69, 9.17) is 4.74 Å². The minimum Gasteiger partial charge on any atom is -0.481 e. The summed E-state index contributed by atoms with van der Waals surface area (Å²) in [5.41, 5.74) is 0.689. The van der Waals surface area contributed by atoms with Gasteiger partial charge in [-0.15, -0.1) is 6.58 Å². The van der Waals surface area contributed by atoms with Crippen LogP contribution in [0.25, 0.3) is 0 Å². The SMILES string of the molecule is C=CC[C@H]1Oc2ccccc2C1=O. The molecule has 2 nitrogen and oxygen atoms in total. The van der Waals surface area contributed by atoms with Crippen molar-refractivity contribution in [3.8, 4) is 5.75 Å². The zero-order valence-corrected chi connectivity index (χ0v) is 7.19. The summed E-state index contributed by atoms with van der Waals surface area (Å²) in [5.74, 6) is 0.759. The highest BCUT2D eigenvalue weighted by Gasteiger charge is 2.30. The van der Waals surface area contributed by atoms with Gasteiger partial charge in [0.15, 0.2) is 6.10 Å². The van der Waals surface area contributed by atoms with Gasteiger partial charge in [-0.05, 0) is 12.1 Å². The van der Waals surface area contributed by atoms with Crippen LogP contribution in [-0.2, 0) is 0 Å². The van der Waals surface area contributed by atoms with Gasteiger partial charge in [-0.1, -0.05) is 18.2 Å². The molecule has 1 aromatic carbocycles. The number of hydrogen-bond donors (Lipinski definition) is 0. The van der Waals surface area contributed by atoms with E-state index in [1.54, 1.807) is 12.1 Å². The van der Waals surface area contributed by atoms with Gasteiger partial charge in [0, 0.05) is 6.42 Å². The van der Waals surface area contributed by atoms with E-state index in [2.05, 4.69) is 6.58 Å². The molecule has 0 fully saturated rings. The molecule has 1 aliphatic rings. The first kappa shape index (κ1) is 8.05. The number of para-hydroxylation sites is 1. The Balaban J connectivity index is 2.32. The fourth-order valence-corrected chi connectivity index (χ4v) is 1.46. The molecule has 2 rings (SSSR count). The molecule has 1 aromatic rings. The van der Waals surface area contributed by atoms with Gasteiger partial charge in [0.2, 0.25) is 5.78 Å². The molecule has 0 bridgehead atoms. The minimum absolute atomic E-state index is 0.0653. The number of Topliss-reactive ketones (excluding diaryl/α,β-unsaturated/α-hetero) is 1. The third kappa shape index (κ3) is 1.24. The molecule has 0 saturated carbocycles. The van der Waals surface area contributed by atoms with Gasteiger partial charge in [0.25, 0.3) is 0 Å². The van der Waals surface area contributed by atoms with Crippen molar-refractivity contribution in [3.63, 3.8) is 0 Å². The molecule has 1 heterocycles. The molecule has 0 amide bonds. The maximum Gasteiger partial charge on any atom is 0.207 e. The van der Waals surface area contributed by atoms with E-state index in [1.165, 1.54) is 0 Å². The molecular formula is C11H10O2. The molecule has 0 unspecified atom stereocenters. The van der Waals surface area contributed by atoms with Gasteiger partial charge in [0.05, 0.1) is 5.56 Å². The molecule has 0 saturated heterocycles. The molecule has 0 spiro atoms. The Morgan fingerprint density at radius 1 is 1.46 bits per heavy atom. The maximum absolute atomic E-state index is 11.6. The monoisotopic (exact) mass is 174 g/mol. The number of ketones is 1. The Kier molecular flexibility index (Phi) is 1.89. The van der Waals surface area contributed by atoms with Gasteiger partial charge < -0.3 is 4.74 Å². The Labute approximate surface area is 76.8 Å². The fraction of sp³-hybridized carbons (Fsp3) is 0.182. The summed E-state index contributed by atoms with van der Waals surface area (Å²) in [6.45, 7) is 3.59. The van der Waals surface area contributed by atoms with Gasteiger partial charge in [-0.2, -0.15) is 0 Å². The number of carbonyl (C=O) groups excluding carboxylic acids is 1. The molecule has 2 heteroatoms. The molecule has 1 aliphatic heterocycles. The van der Waals surface area contributed by atoms with Crippen LogP contribution in [0, 0.1) is 0 Å². The maximum atomic E-state index is 11.6. The van der Waals surface area contributed by atoms with Crippen LogP contribution < -0.4 is 4.74 Å². The van der Waals surface area contributed by atoms with Gasteiger partial charge in [0.1, 0.15) is 5.75 Å². The molecular weight excluding hydrogens is 164 g/mol. The van der Waals surface area contributed by atoms with Crippen LogP contribution in [0.1, 0.15) is 16.8 Å². The predicted octanol–water partition coefficient (Wildman–Crippen LogP) is 2.21. The van der Waals surface area contributed by atoms with Gasteiger partial charge in [-0.3, -0.25) is 4.79 Å². The summed E-state index contributed by atoms with van der Waals surface area (Å²) in [5, 5.41) is 0. The van der Waals surface area contributed by atoms with Crippen LogP contribution in [0.2, 0.25) is 0 Å². The highest BCUT2D eigenvalue weighted by molar-refractivity contribution is 6.04. The summed E-state index contributed by atoms with van der Waals surface area (Å²) in [4.78, 5) is 11.6. The van der Waals surface area contributed by atoms with E-state index in [9.17, 15) is 4.79 Å². The van der Waals surface area contributed by atoms with E-state index < -0.39 is 0 Å². The Morgan fingerprint density at radius 3 is 2.92 bits per heavy atom. The molecule has 0 radical (unpaired) electrons. The molecule has 66 valence electrons. The van der Waals surface area contributed by atoms with E-state index in [1.807, 2.05) is 18.2 Å². The number of benzene rings is 1. The second kappa shape index (κ2) is 3.05. The molecule has 13 heavy (non-hydrogen) atoms. The standard InChI is InChI=1S/C11H10O2/c1-2-5-10-11(12)8-6-3-4-7-9(8)13-10/h2-4,6-7,10H,1,5H2/t10-/m1/s1. The highest BCUT2D eigenvalue weighted by Crippen LogP contribution is 2.29. The van der Waals surface area contributed by atoms with Crippen molar-refractivity contribution in [2.24, 2.45) is 0 Å². The van der Waals surface area contributed by atoms with E-state index in [-0.39, 0.29) is 11.9 Å². The second-order valence-electron chi connectivity index (χ2n) is 2.99. The quantitative estimate of drug-likeness (QED) is 0.642. The van der Waals surface area contributed by atoms with Crippen molar-refractivity contribution < 1.29 is 9.53 Å². The summed E-state index contributed by atoms with van der Waals surface area (Å²) in [6, 6.07) is 7.32. The van der Waals surface area contributed by atoms with Crippen LogP contribution in [0.3, 0.4) is 0 Å². The van der Waals surface area contributed by atoms with Gasteiger partial charge >= 0.3 is 0 Å². The number of hydrogen-bond acceptors (Lipinski definition) is 2. The van der Waals surface area contributed by atoms with Crippen molar-refractivity contribution in [1.29, 1.82) is 0 Å². The number of ether oxygens (including phenoxy) is 1. The average molecular weight is 174 g/mol. The average Bonchev–Trinajstić information content (AvgIpc) is 2.46. The Hall–Kier alpha value is -1.57. The van der Waals surface area contributed by atoms with Crippen LogP contribution in [-0.4, -0.2) is 11.9 Å². The Bertz CT molecular complexity index is 355. The normalized spacial score (nSPS) is 19.4. The van der Waals surface area contributed by atoms with Crippen LogP contribution in [0.15, 0.2) is 36.9 Å². The zero-order chi connectivity index (χ0) is 9.26. The third-order valence-corrected chi connectivity index (χ3v) is 2.09. The summed E-state index contributed by atoms with van der Waals surface area (Å²) in [6.07, 6.45) is 1.93. The molecule has 0 aliphatic carbocycles. The highest BCUT2D eigenvalue weighted by atomic mass is 16.5. The lowest BCUT2D eigenvalue weighted by Gasteiger charge is -2.04. The topological polar surface area (TPSA) is 26.3 Å². The third-order valence-electron chi connectivity index (χ3n) is 2.09. The molecule has 1 atom stereocenters. The number of fused-ring (bicyclic) bond motifs is 1. The van der Waals surface area contributed by atoms with Crippen molar-refractivity contribution >= 4 is 5.78 Å². The largest absolute Gasteiger partial charge is 0.481 e. The summed E-state index contributed by atoms with van der Waals surface area (Å²) >= 11 is 0. The first-order chi connectivity index (χ1) is 6.33. The molecule has 0 aromatic heterocycles. The van der Waals surface area contributed by atoms with Crippen LogP contribution >= 0.6 is 0 Å². The first-order valence-corrected chi connectivity index (χ1v) is 4.23. The van der Waals surface area contributed by atoms with Crippen molar-refractivity contribution in [1.82, 2.24) is 0 Å². The van der Waals surface area contributed by atoms with E-state index in [0.29, 0.717) is 17.7 Å².